The summed E-state index contributed by atoms with van der Waals surface area (Å²) in [7, 11) is 1.36. The molecule has 1 aliphatic rings. The van der Waals surface area contributed by atoms with E-state index < -0.39 is 6.09 Å². The van der Waals surface area contributed by atoms with Crippen molar-refractivity contribution < 1.29 is 19.1 Å². The van der Waals surface area contributed by atoms with Crippen molar-refractivity contribution in [1.82, 2.24) is 5.32 Å². The summed E-state index contributed by atoms with van der Waals surface area (Å²) in [6.45, 7) is 0.201. The van der Waals surface area contributed by atoms with Gasteiger partial charge in [-0.1, -0.05) is 36.4 Å². The number of fused-ring (bicyclic) bond motifs is 1. The number of esters is 1. The molecule has 23 heavy (non-hydrogen) atoms. The third-order valence-corrected chi connectivity index (χ3v) is 4.27. The Morgan fingerprint density at radius 1 is 1.13 bits per heavy atom. The summed E-state index contributed by atoms with van der Waals surface area (Å²) in [5.74, 6) is -0.538. The van der Waals surface area contributed by atoms with Crippen LogP contribution < -0.4 is 5.32 Å². The van der Waals surface area contributed by atoms with E-state index in [1.807, 2.05) is 42.5 Å². The molecule has 5 nitrogen and oxygen atoms in total. The third-order valence-electron chi connectivity index (χ3n) is 4.27. The van der Waals surface area contributed by atoms with E-state index in [9.17, 15) is 9.59 Å². The monoisotopic (exact) mass is 313 g/mol. The van der Waals surface area contributed by atoms with Crippen molar-refractivity contribution in [2.45, 2.75) is 25.5 Å². The highest BCUT2D eigenvalue weighted by atomic mass is 16.5. The van der Waals surface area contributed by atoms with Crippen LogP contribution in [0.1, 0.15) is 18.4 Å². The number of benzene rings is 2. The van der Waals surface area contributed by atoms with Crippen LogP contribution in [-0.2, 0) is 20.9 Å². The second-order valence-corrected chi connectivity index (χ2v) is 5.72. The topological polar surface area (TPSA) is 64.6 Å². The number of methoxy groups -OCH3 is 1. The highest BCUT2D eigenvalue weighted by Gasteiger charge is 2.38. The molecular weight excluding hydrogens is 294 g/mol. The van der Waals surface area contributed by atoms with Gasteiger partial charge in [-0.3, -0.25) is 4.79 Å². The van der Waals surface area contributed by atoms with E-state index in [1.165, 1.54) is 7.11 Å². The molecule has 0 saturated heterocycles. The van der Waals surface area contributed by atoms with Crippen LogP contribution in [0.25, 0.3) is 10.8 Å². The van der Waals surface area contributed by atoms with Gasteiger partial charge in [0.05, 0.1) is 13.0 Å². The van der Waals surface area contributed by atoms with Gasteiger partial charge in [0.15, 0.2) is 0 Å². The molecular formula is C18H19NO4. The van der Waals surface area contributed by atoms with E-state index in [1.54, 1.807) is 0 Å². The van der Waals surface area contributed by atoms with Gasteiger partial charge in [0.1, 0.15) is 6.61 Å². The Morgan fingerprint density at radius 2 is 1.91 bits per heavy atom. The zero-order valence-electron chi connectivity index (χ0n) is 13.0. The molecule has 0 aromatic heterocycles. The minimum Gasteiger partial charge on any atom is -0.469 e. The van der Waals surface area contributed by atoms with Crippen LogP contribution in [0.5, 0.6) is 0 Å². The molecule has 2 unspecified atom stereocenters. The Balaban J connectivity index is 1.53. The van der Waals surface area contributed by atoms with E-state index in [0.29, 0.717) is 0 Å². The summed E-state index contributed by atoms with van der Waals surface area (Å²) in [5.41, 5.74) is 0.928. The van der Waals surface area contributed by atoms with Crippen molar-refractivity contribution >= 4 is 22.8 Å². The SMILES string of the molecule is COC(=O)C1CCC1NC(=O)OCc1ccc2ccccc2c1. The molecule has 0 radical (unpaired) electrons. The van der Waals surface area contributed by atoms with Gasteiger partial charge in [-0.2, -0.15) is 0 Å². The number of hydrogen-bond donors (Lipinski definition) is 1. The summed E-state index contributed by atoms with van der Waals surface area (Å²) >= 11 is 0. The fraction of sp³-hybridized carbons (Fsp3) is 0.333. The van der Waals surface area contributed by atoms with Gasteiger partial charge >= 0.3 is 12.1 Å². The standard InChI is InChI=1S/C18H19NO4/c1-22-17(20)15-8-9-16(15)19-18(21)23-11-12-6-7-13-4-2-3-5-14(13)10-12/h2-7,10,15-16H,8-9,11H2,1H3,(H,19,21). The molecule has 0 heterocycles. The Morgan fingerprint density at radius 3 is 2.61 bits per heavy atom. The van der Waals surface area contributed by atoms with E-state index >= 15 is 0 Å². The largest absolute Gasteiger partial charge is 0.469 e. The Bertz CT molecular complexity index is 728. The number of alkyl carbamates (subject to hydrolysis) is 1. The average molecular weight is 313 g/mol. The first kappa shape index (κ1) is 15.3. The molecule has 0 spiro atoms. The molecule has 0 bridgehead atoms. The number of carbonyl (C=O) groups is 2. The Hall–Kier alpha value is -2.56. The summed E-state index contributed by atoms with van der Waals surface area (Å²) in [6, 6.07) is 13.8. The van der Waals surface area contributed by atoms with Crippen molar-refractivity contribution in [2.24, 2.45) is 5.92 Å². The lowest BCUT2D eigenvalue weighted by Crippen LogP contribution is -2.50. The zero-order valence-corrected chi connectivity index (χ0v) is 13.0. The smallest absolute Gasteiger partial charge is 0.407 e. The summed E-state index contributed by atoms with van der Waals surface area (Å²) < 4.78 is 9.95. The van der Waals surface area contributed by atoms with E-state index in [4.69, 9.17) is 9.47 Å². The van der Waals surface area contributed by atoms with Crippen LogP contribution in [0.3, 0.4) is 0 Å². The Kier molecular flexibility index (Phi) is 4.46. The van der Waals surface area contributed by atoms with Crippen LogP contribution in [-0.4, -0.2) is 25.2 Å². The molecule has 2 aromatic carbocycles. The second-order valence-electron chi connectivity index (χ2n) is 5.72. The average Bonchev–Trinajstić information content (AvgIpc) is 2.56. The first-order valence-electron chi connectivity index (χ1n) is 7.66. The van der Waals surface area contributed by atoms with Gasteiger partial charge in [-0.15, -0.1) is 0 Å². The maximum atomic E-state index is 11.9. The van der Waals surface area contributed by atoms with Crippen molar-refractivity contribution in [3.63, 3.8) is 0 Å². The number of amides is 1. The van der Waals surface area contributed by atoms with Crippen molar-refractivity contribution in [3.05, 3.63) is 48.0 Å². The maximum Gasteiger partial charge on any atom is 0.407 e. The van der Waals surface area contributed by atoms with Crippen LogP contribution >= 0.6 is 0 Å². The van der Waals surface area contributed by atoms with E-state index in [0.717, 1.165) is 29.2 Å². The van der Waals surface area contributed by atoms with Crippen LogP contribution in [0.15, 0.2) is 42.5 Å². The lowest BCUT2D eigenvalue weighted by atomic mass is 9.80. The first-order chi connectivity index (χ1) is 11.2. The third kappa shape index (κ3) is 3.44. The van der Waals surface area contributed by atoms with Gasteiger partial charge in [0.25, 0.3) is 0 Å². The van der Waals surface area contributed by atoms with E-state index in [2.05, 4.69) is 5.32 Å². The number of rotatable bonds is 4. The van der Waals surface area contributed by atoms with Crippen LogP contribution in [0.2, 0.25) is 0 Å². The highest BCUT2D eigenvalue weighted by Crippen LogP contribution is 2.28. The lowest BCUT2D eigenvalue weighted by molar-refractivity contribution is -0.149. The van der Waals surface area contributed by atoms with Crippen molar-refractivity contribution in [3.8, 4) is 0 Å². The predicted molar refractivity (Wildman–Crippen MR) is 85.8 cm³/mol. The number of ether oxygens (including phenoxy) is 2. The van der Waals surface area contributed by atoms with Crippen molar-refractivity contribution in [1.29, 1.82) is 0 Å². The van der Waals surface area contributed by atoms with Gasteiger partial charge < -0.3 is 14.8 Å². The quantitative estimate of drug-likeness (QED) is 0.881. The molecule has 0 aliphatic heterocycles. The summed E-state index contributed by atoms with van der Waals surface area (Å²) in [6.07, 6.45) is 1.00. The fourth-order valence-electron chi connectivity index (χ4n) is 2.78. The maximum absolute atomic E-state index is 11.9. The lowest BCUT2D eigenvalue weighted by Gasteiger charge is -2.34. The molecule has 120 valence electrons. The molecule has 1 fully saturated rings. The summed E-state index contributed by atoms with van der Waals surface area (Å²) in [4.78, 5) is 23.3. The normalized spacial score (nSPS) is 19.7. The molecule has 3 rings (SSSR count). The number of carbonyl (C=O) groups excluding carboxylic acids is 2. The highest BCUT2D eigenvalue weighted by molar-refractivity contribution is 5.83. The molecule has 1 saturated carbocycles. The minimum absolute atomic E-state index is 0.188. The summed E-state index contributed by atoms with van der Waals surface area (Å²) in [5, 5.41) is 4.99. The van der Waals surface area contributed by atoms with E-state index in [-0.39, 0.29) is 24.5 Å². The number of nitrogens with one attached hydrogen (secondary N) is 1. The molecule has 1 N–H and O–H groups in total. The minimum atomic E-state index is -0.503. The molecule has 2 atom stereocenters. The van der Waals surface area contributed by atoms with Crippen molar-refractivity contribution in [2.75, 3.05) is 7.11 Å². The van der Waals surface area contributed by atoms with Crippen LogP contribution in [0.4, 0.5) is 4.79 Å². The molecule has 2 aromatic rings. The van der Waals surface area contributed by atoms with Gasteiger partial charge in [-0.05, 0) is 35.2 Å². The van der Waals surface area contributed by atoms with Gasteiger partial charge in [0.2, 0.25) is 0 Å². The molecule has 1 aliphatic carbocycles. The first-order valence-corrected chi connectivity index (χ1v) is 7.66. The molecule has 5 heteroatoms. The predicted octanol–water partition coefficient (Wildman–Crippen LogP) is 3.02. The van der Waals surface area contributed by atoms with Gasteiger partial charge in [0, 0.05) is 6.04 Å². The van der Waals surface area contributed by atoms with Gasteiger partial charge in [-0.25, -0.2) is 4.79 Å². The fourth-order valence-corrected chi connectivity index (χ4v) is 2.78. The number of hydrogen-bond acceptors (Lipinski definition) is 4. The second kappa shape index (κ2) is 6.69. The zero-order chi connectivity index (χ0) is 16.2. The Labute approximate surface area is 134 Å². The molecule has 1 amide bonds. The van der Waals surface area contributed by atoms with Crippen LogP contribution in [0, 0.1) is 5.92 Å².